The lowest BCUT2D eigenvalue weighted by atomic mass is 9.85. The summed E-state index contributed by atoms with van der Waals surface area (Å²) in [6.45, 7) is 4.08. The van der Waals surface area contributed by atoms with Crippen molar-refractivity contribution in [3.63, 3.8) is 0 Å². The molecule has 1 saturated carbocycles. The lowest BCUT2D eigenvalue weighted by Gasteiger charge is -2.19. The quantitative estimate of drug-likeness (QED) is 0.590. The summed E-state index contributed by atoms with van der Waals surface area (Å²) in [5.41, 5.74) is 2.89. The topological polar surface area (TPSA) is 37.4 Å². The van der Waals surface area contributed by atoms with Crippen LogP contribution in [0.2, 0.25) is 0 Å². The summed E-state index contributed by atoms with van der Waals surface area (Å²) in [6, 6.07) is 5.53. The van der Waals surface area contributed by atoms with Gasteiger partial charge in [0, 0.05) is 11.8 Å². The Kier molecular flexibility index (Phi) is 2.68. The van der Waals surface area contributed by atoms with E-state index in [1.165, 1.54) is 40.3 Å². The highest BCUT2D eigenvalue weighted by Gasteiger charge is 2.61. The highest BCUT2D eigenvalue weighted by atomic mass is 19.1. The van der Waals surface area contributed by atoms with Crippen molar-refractivity contribution in [2.24, 2.45) is 23.7 Å². The van der Waals surface area contributed by atoms with Crippen molar-refractivity contribution in [1.82, 2.24) is 0 Å². The van der Waals surface area contributed by atoms with E-state index in [0.29, 0.717) is 5.69 Å². The van der Waals surface area contributed by atoms with Gasteiger partial charge in [0.05, 0.1) is 17.5 Å². The third-order valence-corrected chi connectivity index (χ3v) is 5.08. The van der Waals surface area contributed by atoms with Crippen molar-refractivity contribution in [3.8, 4) is 0 Å². The Morgan fingerprint density at radius 2 is 1.45 bits per heavy atom. The van der Waals surface area contributed by atoms with E-state index in [9.17, 15) is 14.0 Å². The maximum absolute atomic E-state index is 13.1. The van der Waals surface area contributed by atoms with Crippen LogP contribution in [0.3, 0.4) is 0 Å². The number of nitrogens with zero attached hydrogens (tertiary/aromatic N) is 1. The number of amides is 2. The number of hydrogen-bond acceptors (Lipinski definition) is 2. The molecule has 2 amide bonds. The van der Waals surface area contributed by atoms with E-state index in [2.05, 4.69) is 12.2 Å². The van der Waals surface area contributed by atoms with Gasteiger partial charge in [-0.2, -0.15) is 0 Å². The number of carbonyl (C=O) groups excluding carboxylic acids is 2. The second-order valence-electron chi connectivity index (χ2n) is 6.43. The van der Waals surface area contributed by atoms with Crippen LogP contribution in [0.15, 0.2) is 47.6 Å². The van der Waals surface area contributed by atoms with Crippen LogP contribution in [0, 0.1) is 29.5 Å². The Balaban J connectivity index is 1.76. The number of hydrogen-bond donors (Lipinski definition) is 0. The minimum Gasteiger partial charge on any atom is -0.274 e. The van der Waals surface area contributed by atoms with E-state index in [-0.39, 0.29) is 41.3 Å². The summed E-state index contributed by atoms with van der Waals surface area (Å²) < 4.78 is 13.1. The fourth-order valence-corrected chi connectivity index (χ4v) is 4.27. The Hall–Kier alpha value is -2.23. The van der Waals surface area contributed by atoms with Crippen LogP contribution in [0.4, 0.5) is 10.1 Å². The fourth-order valence-electron chi connectivity index (χ4n) is 4.27. The molecule has 1 aromatic rings. The summed E-state index contributed by atoms with van der Waals surface area (Å²) in [5.74, 6) is -1.19. The zero-order valence-electron chi connectivity index (χ0n) is 12.4. The summed E-state index contributed by atoms with van der Waals surface area (Å²) in [5, 5.41) is 0. The van der Waals surface area contributed by atoms with E-state index < -0.39 is 0 Å². The number of anilines is 1. The Morgan fingerprint density at radius 1 is 0.955 bits per heavy atom. The van der Waals surface area contributed by atoms with Crippen molar-refractivity contribution in [3.05, 3.63) is 53.4 Å². The van der Waals surface area contributed by atoms with Crippen LogP contribution >= 0.6 is 0 Å². The summed E-state index contributed by atoms with van der Waals surface area (Å²) in [4.78, 5) is 26.8. The van der Waals surface area contributed by atoms with E-state index in [1.54, 1.807) is 0 Å². The molecule has 4 atom stereocenters. The molecule has 2 fully saturated rings. The average molecular weight is 297 g/mol. The van der Waals surface area contributed by atoms with Crippen LogP contribution in [-0.2, 0) is 9.59 Å². The van der Waals surface area contributed by atoms with E-state index in [0.717, 1.165) is 0 Å². The lowest BCUT2D eigenvalue weighted by molar-refractivity contribution is -0.122. The first-order valence-electron chi connectivity index (χ1n) is 7.49. The second kappa shape index (κ2) is 4.38. The van der Waals surface area contributed by atoms with Gasteiger partial charge in [-0.15, -0.1) is 0 Å². The second-order valence-corrected chi connectivity index (χ2v) is 6.43. The molecule has 0 N–H and O–H groups in total. The number of rotatable bonds is 1. The van der Waals surface area contributed by atoms with Gasteiger partial charge in [-0.1, -0.05) is 23.3 Å². The van der Waals surface area contributed by atoms with Crippen LogP contribution in [0.5, 0.6) is 0 Å². The minimum absolute atomic E-state index is 0.0434. The monoisotopic (exact) mass is 297 g/mol. The third kappa shape index (κ3) is 1.55. The molecule has 3 aliphatic rings. The third-order valence-electron chi connectivity index (χ3n) is 5.08. The molecule has 2 aliphatic carbocycles. The van der Waals surface area contributed by atoms with Gasteiger partial charge in [0.1, 0.15) is 5.82 Å². The number of allylic oxidation sites excluding steroid dienone is 4. The van der Waals surface area contributed by atoms with Gasteiger partial charge in [-0.25, -0.2) is 9.29 Å². The maximum atomic E-state index is 13.1. The van der Waals surface area contributed by atoms with Gasteiger partial charge in [-0.05, 0) is 38.1 Å². The summed E-state index contributed by atoms with van der Waals surface area (Å²) >= 11 is 0. The van der Waals surface area contributed by atoms with Gasteiger partial charge in [0.15, 0.2) is 0 Å². The Morgan fingerprint density at radius 3 is 1.91 bits per heavy atom. The van der Waals surface area contributed by atoms with Crippen molar-refractivity contribution >= 4 is 17.5 Å². The molecule has 0 unspecified atom stereocenters. The van der Waals surface area contributed by atoms with Crippen molar-refractivity contribution in [1.29, 1.82) is 0 Å². The maximum Gasteiger partial charge on any atom is 0.238 e. The van der Waals surface area contributed by atoms with Gasteiger partial charge in [0.25, 0.3) is 0 Å². The molecule has 0 radical (unpaired) electrons. The molecule has 1 heterocycles. The molecular weight excluding hydrogens is 281 g/mol. The molecule has 22 heavy (non-hydrogen) atoms. The molecule has 0 spiro atoms. The first kappa shape index (κ1) is 13.4. The molecule has 3 nitrogen and oxygen atoms in total. The summed E-state index contributed by atoms with van der Waals surface area (Å²) in [6.07, 6.45) is 4.13. The first-order chi connectivity index (χ1) is 10.5. The molecule has 4 heteroatoms. The first-order valence-corrected chi connectivity index (χ1v) is 7.49. The largest absolute Gasteiger partial charge is 0.274 e. The normalized spacial score (nSPS) is 32.1. The molecule has 0 aromatic heterocycles. The van der Waals surface area contributed by atoms with Crippen LogP contribution in [0.25, 0.3) is 0 Å². The summed E-state index contributed by atoms with van der Waals surface area (Å²) in [7, 11) is 0. The molecule has 1 saturated heterocycles. The van der Waals surface area contributed by atoms with E-state index >= 15 is 0 Å². The smallest absolute Gasteiger partial charge is 0.238 e. The fraction of sp³-hybridized carbons (Fsp3) is 0.333. The number of halogens is 1. The highest BCUT2D eigenvalue weighted by Crippen LogP contribution is 2.57. The van der Waals surface area contributed by atoms with Crippen molar-refractivity contribution < 1.29 is 14.0 Å². The predicted octanol–water partition coefficient (Wildman–Crippen LogP) is 3.08. The molecule has 1 aromatic carbocycles. The number of carbonyl (C=O) groups is 2. The zero-order valence-corrected chi connectivity index (χ0v) is 12.4. The molecule has 4 rings (SSSR count). The van der Waals surface area contributed by atoms with Crippen molar-refractivity contribution in [2.75, 3.05) is 4.90 Å². The predicted molar refractivity (Wildman–Crippen MR) is 80.4 cm³/mol. The molecular formula is C18H16FNO2. The molecule has 2 bridgehead atoms. The standard InChI is InChI=1S/C18H16FNO2/c1-9(2)14-12-7-8-13(14)16-15(12)17(21)20(18(16)22)11-5-3-10(19)4-6-11/h3-8,12-13,15-16H,1-2H3/t12-,13-,15-,16-/m1/s1. The molecule has 112 valence electrons. The zero-order chi connectivity index (χ0) is 15.6. The minimum atomic E-state index is -0.378. The van der Waals surface area contributed by atoms with E-state index in [4.69, 9.17) is 0 Å². The van der Waals surface area contributed by atoms with Gasteiger partial charge < -0.3 is 0 Å². The van der Waals surface area contributed by atoms with Gasteiger partial charge >= 0.3 is 0 Å². The highest BCUT2D eigenvalue weighted by molar-refractivity contribution is 6.23. The van der Waals surface area contributed by atoms with Gasteiger partial charge in [0.2, 0.25) is 11.8 Å². The van der Waals surface area contributed by atoms with Crippen LogP contribution in [-0.4, -0.2) is 11.8 Å². The SMILES string of the molecule is CC(C)=C1[C@H]2C=C[C@H]1[C@H]1C(=O)N(c3ccc(F)cc3)C(=O)[C@@H]12. The number of fused-ring (bicyclic) bond motifs is 5. The Bertz CT molecular complexity index is 709. The molecule has 1 aliphatic heterocycles. The number of benzene rings is 1. The number of imide groups is 1. The lowest BCUT2D eigenvalue weighted by Crippen LogP contribution is -2.33. The average Bonchev–Trinajstić information content (AvgIpc) is 3.11. The van der Waals surface area contributed by atoms with Crippen molar-refractivity contribution in [2.45, 2.75) is 13.8 Å². The van der Waals surface area contributed by atoms with Crippen LogP contribution < -0.4 is 4.90 Å². The van der Waals surface area contributed by atoms with Gasteiger partial charge in [-0.3, -0.25) is 9.59 Å². The van der Waals surface area contributed by atoms with E-state index in [1.807, 2.05) is 13.8 Å². The van der Waals surface area contributed by atoms with Crippen LogP contribution in [0.1, 0.15) is 13.8 Å². The Labute approximate surface area is 128 Å².